The van der Waals surface area contributed by atoms with Crippen molar-refractivity contribution >= 4 is 31.9 Å². The van der Waals surface area contributed by atoms with Gasteiger partial charge in [0.1, 0.15) is 5.60 Å². The van der Waals surface area contributed by atoms with Crippen LogP contribution in [-0.2, 0) is 30.8 Å². The Labute approximate surface area is 222 Å². The fourth-order valence-corrected chi connectivity index (χ4v) is 5.65. The van der Waals surface area contributed by atoms with E-state index in [0.29, 0.717) is 45.7 Å². The van der Waals surface area contributed by atoms with Crippen LogP contribution in [0.25, 0.3) is 0 Å². The standard InChI is InChI=1S/C28H44N2O6Si/c1-8-34-24(31)11-9-10-21-12-13-23-22(18-21)28(14-15-29(19-28)25(32)36-27(2,3)4)20-30(23)26(33)35-16-17-37(5,6)7/h12-13,18H,8-11,14-17,19-20H2,1-7H3. The Morgan fingerprint density at radius 3 is 2.43 bits per heavy atom. The third-order valence-corrected chi connectivity index (χ3v) is 8.54. The number of carbonyl (C=O) groups is 3. The van der Waals surface area contributed by atoms with Crippen molar-refractivity contribution in [3.63, 3.8) is 0 Å². The maximum absolute atomic E-state index is 13.2. The van der Waals surface area contributed by atoms with E-state index in [1.54, 1.807) is 9.80 Å². The van der Waals surface area contributed by atoms with Crippen LogP contribution >= 0.6 is 0 Å². The van der Waals surface area contributed by atoms with Gasteiger partial charge < -0.3 is 19.1 Å². The molecule has 1 saturated heterocycles. The summed E-state index contributed by atoms with van der Waals surface area (Å²) >= 11 is 0. The number of fused-ring (bicyclic) bond motifs is 2. The van der Waals surface area contributed by atoms with E-state index in [1.807, 2.05) is 39.8 Å². The summed E-state index contributed by atoms with van der Waals surface area (Å²) in [5.41, 5.74) is 2.07. The predicted octanol–water partition coefficient (Wildman–Crippen LogP) is 5.75. The third kappa shape index (κ3) is 7.72. The lowest BCUT2D eigenvalue weighted by atomic mass is 9.81. The highest BCUT2D eigenvalue weighted by molar-refractivity contribution is 6.76. The predicted molar refractivity (Wildman–Crippen MR) is 147 cm³/mol. The molecule has 3 rings (SSSR count). The number of likely N-dealkylation sites (tertiary alicyclic amines) is 1. The number of carbonyl (C=O) groups excluding carboxylic acids is 3. The zero-order valence-electron chi connectivity index (χ0n) is 23.6. The van der Waals surface area contributed by atoms with Gasteiger partial charge in [-0.1, -0.05) is 31.8 Å². The first-order chi connectivity index (χ1) is 17.2. The number of nitrogens with zero attached hydrogens (tertiary/aromatic N) is 2. The highest BCUT2D eigenvalue weighted by atomic mass is 28.3. The molecule has 0 radical (unpaired) electrons. The number of aryl methyl sites for hydroxylation is 1. The second-order valence-corrected chi connectivity index (χ2v) is 18.1. The number of benzene rings is 1. The first-order valence-electron chi connectivity index (χ1n) is 13.4. The SMILES string of the molecule is CCOC(=O)CCCc1ccc2c(c1)C1(CCN(C(=O)OC(C)(C)C)C1)CN2C(=O)OCC[Si](C)(C)C. The molecule has 1 unspecified atom stereocenters. The quantitative estimate of drug-likeness (QED) is 0.241. The minimum absolute atomic E-state index is 0.184. The molecule has 1 atom stereocenters. The van der Waals surface area contributed by atoms with Gasteiger partial charge in [-0.25, -0.2) is 9.59 Å². The van der Waals surface area contributed by atoms with Crippen molar-refractivity contribution in [1.82, 2.24) is 4.90 Å². The average Bonchev–Trinajstić information content (AvgIpc) is 3.34. The van der Waals surface area contributed by atoms with E-state index in [0.717, 1.165) is 35.7 Å². The second-order valence-electron chi connectivity index (χ2n) is 12.5. The van der Waals surface area contributed by atoms with Gasteiger partial charge in [0.2, 0.25) is 0 Å². The van der Waals surface area contributed by atoms with Crippen LogP contribution in [0.3, 0.4) is 0 Å². The summed E-state index contributed by atoms with van der Waals surface area (Å²) in [6.45, 7) is 16.5. The van der Waals surface area contributed by atoms with Crippen LogP contribution in [0.4, 0.5) is 15.3 Å². The van der Waals surface area contributed by atoms with Gasteiger partial charge >= 0.3 is 18.2 Å². The Balaban J connectivity index is 1.81. The molecule has 37 heavy (non-hydrogen) atoms. The van der Waals surface area contributed by atoms with Crippen LogP contribution in [0, 0.1) is 0 Å². The van der Waals surface area contributed by atoms with E-state index < -0.39 is 13.7 Å². The lowest BCUT2D eigenvalue weighted by molar-refractivity contribution is -0.143. The van der Waals surface area contributed by atoms with Crippen molar-refractivity contribution in [3.05, 3.63) is 29.3 Å². The first-order valence-corrected chi connectivity index (χ1v) is 17.1. The molecule has 2 aliphatic rings. The van der Waals surface area contributed by atoms with E-state index >= 15 is 0 Å². The van der Waals surface area contributed by atoms with Gasteiger partial charge in [-0.3, -0.25) is 9.69 Å². The Bertz CT molecular complexity index is 999. The molecule has 0 N–H and O–H groups in total. The van der Waals surface area contributed by atoms with E-state index in [1.165, 1.54) is 0 Å². The summed E-state index contributed by atoms with van der Waals surface area (Å²) in [5.74, 6) is -0.184. The number of amides is 2. The molecular formula is C28H44N2O6Si. The van der Waals surface area contributed by atoms with Crippen molar-refractivity contribution in [2.75, 3.05) is 37.7 Å². The lowest BCUT2D eigenvalue weighted by Crippen LogP contribution is -2.41. The van der Waals surface area contributed by atoms with Crippen LogP contribution < -0.4 is 4.90 Å². The summed E-state index contributed by atoms with van der Waals surface area (Å²) < 4.78 is 16.4. The normalized spacial score (nSPS) is 19.2. The summed E-state index contributed by atoms with van der Waals surface area (Å²) in [6, 6.07) is 7.07. The maximum Gasteiger partial charge on any atom is 0.414 e. The van der Waals surface area contributed by atoms with Crippen LogP contribution in [0.15, 0.2) is 18.2 Å². The van der Waals surface area contributed by atoms with Gasteiger partial charge in [0.15, 0.2) is 0 Å². The van der Waals surface area contributed by atoms with Crippen molar-refractivity contribution in [2.45, 2.75) is 90.1 Å². The second kappa shape index (κ2) is 11.5. The molecule has 8 nitrogen and oxygen atoms in total. The summed E-state index contributed by atoms with van der Waals surface area (Å²) in [6.07, 6.45) is 1.88. The third-order valence-electron chi connectivity index (χ3n) is 6.84. The van der Waals surface area contributed by atoms with E-state index in [-0.39, 0.29) is 23.6 Å². The van der Waals surface area contributed by atoms with Crippen LogP contribution in [0.2, 0.25) is 25.7 Å². The Kier molecular flexibility index (Phi) is 8.98. The van der Waals surface area contributed by atoms with Crippen molar-refractivity contribution < 1.29 is 28.6 Å². The summed E-state index contributed by atoms with van der Waals surface area (Å²) in [4.78, 5) is 41.3. The topological polar surface area (TPSA) is 85.4 Å². The highest BCUT2D eigenvalue weighted by Gasteiger charge is 2.50. The molecule has 1 aromatic rings. The lowest BCUT2D eigenvalue weighted by Gasteiger charge is -2.27. The molecule has 0 bridgehead atoms. The number of hydrogen-bond acceptors (Lipinski definition) is 6. The van der Waals surface area contributed by atoms with Gasteiger partial charge in [-0.2, -0.15) is 0 Å². The van der Waals surface area contributed by atoms with E-state index in [2.05, 4.69) is 25.7 Å². The molecule has 1 fully saturated rings. The minimum Gasteiger partial charge on any atom is -0.466 e. The van der Waals surface area contributed by atoms with E-state index in [4.69, 9.17) is 14.2 Å². The molecule has 1 aromatic carbocycles. The Hall–Kier alpha value is -2.55. The van der Waals surface area contributed by atoms with E-state index in [9.17, 15) is 14.4 Å². The van der Waals surface area contributed by atoms with Crippen LogP contribution in [0.1, 0.15) is 58.1 Å². The van der Waals surface area contributed by atoms with Crippen molar-refractivity contribution in [3.8, 4) is 0 Å². The zero-order chi connectivity index (χ0) is 27.4. The molecule has 0 aliphatic carbocycles. The maximum atomic E-state index is 13.2. The number of rotatable bonds is 8. The van der Waals surface area contributed by atoms with Gasteiger partial charge in [-0.05, 0) is 70.2 Å². The van der Waals surface area contributed by atoms with Crippen molar-refractivity contribution in [1.29, 1.82) is 0 Å². The molecule has 206 valence electrons. The number of esters is 1. The van der Waals surface area contributed by atoms with Gasteiger partial charge in [0.05, 0.1) is 18.9 Å². The zero-order valence-corrected chi connectivity index (χ0v) is 24.6. The molecule has 0 aromatic heterocycles. The molecular weight excluding hydrogens is 488 g/mol. The number of hydrogen-bond donors (Lipinski definition) is 0. The van der Waals surface area contributed by atoms with Gasteiger partial charge in [-0.15, -0.1) is 0 Å². The van der Waals surface area contributed by atoms with Crippen LogP contribution in [-0.4, -0.2) is 69.6 Å². The molecule has 9 heteroatoms. The smallest absolute Gasteiger partial charge is 0.414 e. The average molecular weight is 533 g/mol. The largest absolute Gasteiger partial charge is 0.466 e. The summed E-state index contributed by atoms with van der Waals surface area (Å²) in [7, 11) is -1.33. The highest BCUT2D eigenvalue weighted by Crippen LogP contribution is 2.47. The fraction of sp³-hybridized carbons (Fsp3) is 0.679. The molecule has 1 spiro atoms. The first kappa shape index (κ1) is 29.0. The van der Waals surface area contributed by atoms with Crippen LogP contribution in [0.5, 0.6) is 0 Å². The molecule has 2 heterocycles. The monoisotopic (exact) mass is 532 g/mol. The van der Waals surface area contributed by atoms with Gasteiger partial charge in [0.25, 0.3) is 0 Å². The fourth-order valence-electron chi connectivity index (χ4n) is 4.93. The molecule has 2 amide bonds. The molecule has 0 saturated carbocycles. The Morgan fingerprint density at radius 1 is 1.05 bits per heavy atom. The number of ether oxygens (including phenoxy) is 3. The minimum atomic E-state index is -1.33. The van der Waals surface area contributed by atoms with Crippen molar-refractivity contribution in [2.24, 2.45) is 0 Å². The number of anilines is 1. The van der Waals surface area contributed by atoms with Gasteiger partial charge in [0, 0.05) is 39.5 Å². The Morgan fingerprint density at radius 2 is 1.78 bits per heavy atom. The summed E-state index contributed by atoms with van der Waals surface area (Å²) in [5, 5.41) is 0. The molecule has 2 aliphatic heterocycles.